The van der Waals surface area contributed by atoms with E-state index in [1.54, 1.807) is 19.1 Å². The highest BCUT2D eigenvalue weighted by atomic mass is 32.1. The summed E-state index contributed by atoms with van der Waals surface area (Å²) in [6.07, 6.45) is 0.544. The quantitative estimate of drug-likeness (QED) is 0.661. The number of carbonyl (C=O) groups excluding carboxylic acids is 1. The standard InChI is InChI=1S/C21H25FN4O2S/c1-12-16(29-15(23-12)11-13-7-9-14(22)10-8-13)17(27)25-21(5,6)18-24-19(28-26-18)20(2,3)4/h7-10H,11H2,1-6H3,(H,25,27). The van der Waals surface area contributed by atoms with Gasteiger partial charge >= 0.3 is 0 Å². The van der Waals surface area contributed by atoms with Gasteiger partial charge in [0, 0.05) is 11.8 Å². The lowest BCUT2D eigenvalue weighted by Gasteiger charge is -2.22. The maximum Gasteiger partial charge on any atom is 0.264 e. The van der Waals surface area contributed by atoms with Gasteiger partial charge in [-0.25, -0.2) is 9.37 Å². The molecular formula is C21H25FN4O2S. The monoisotopic (exact) mass is 416 g/mol. The van der Waals surface area contributed by atoms with Gasteiger partial charge < -0.3 is 9.84 Å². The summed E-state index contributed by atoms with van der Waals surface area (Å²) in [6.45, 7) is 11.4. The van der Waals surface area contributed by atoms with Crippen LogP contribution < -0.4 is 5.32 Å². The van der Waals surface area contributed by atoms with E-state index in [1.165, 1.54) is 23.5 Å². The fraction of sp³-hybridized carbons (Fsp3) is 0.429. The molecule has 0 saturated carbocycles. The summed E-state index contributed by atoms with van der Waals surface area (Å²) in [6, 6.07) is 6.28. The van der Waals surface area contributed by atoms with E-state index in [4.69, 9.17) is 4.52 Å². The Balaban J connectivity index is 1.75. The lowest BCUT2D eigenvalue weighted by molar-refractivity contribution is 0.0911. The molecule has 0 saturated heterocycles. The average Bonchev–Trinajstić information content (AvgIpc) is 3.24. The van der Waals surface area contributed by atoms with Crippen LogP contribution in [0.1, 0.15) is 72.3 Å². The minimum Gasteiger partial charge on any atom is -0.339 e. The molecule has 1 amide bonds. The van der Waals surface area contributed by atoms with Gasteiger partial charge in [0.2, 0.25) is 5.89 Å². The Hall–Kier alpha value is -2.61. The van der Waals surface area contributed by atoms with Crippen LogP contribution >= 0.6 is 11.3 Å². The van der Waals surface area contributed by atoms with Crippen LogP contribution in [0, 0.1) is 12.7 Å². The largest absolute Gasteiger partial charge is 0.339 e. The number of halogens is 1. The maximum atomic E-state index is 13.1. The molecule has 0 radical (unpaired) electrons. The molecule has 1 aromatic carbocycles. The fourth-order valence-corrected chi connectivity index (χ4v) is 3.69. The van der Waals surface area contributed by atoms with Gasteiger partial charge in [-0.15, -0.1) is 11.3 Å². The van der Waals surface area contributed by atoms with Crippen molar-refractivity contribution in [2.24, 2.45) is 0 Å². The number of hydrogen-bond acceptors (Lipinski definition) is 6. The van der Waals surface area contributed by atoms with Gasteiger partial charge in [0.1, 0.15) is 10.7 Å². The highest BCUT2D eigenvalue weighted by Crippen LogP contribution is 2.26. The first kappa shape index (κ1) is 21.1. The van der Waals surface area contributed by atoms with E-state index in [9.17, 15) is 9.18 Å². The number of nitrogens with one attached hydrogen (secondary N) is 1. The van der Waals surface area contributed by atoms with Crippen LogP contribution in [0.5, 0.6) is 0 Å². The van der Waals surface area contributed by atoms with Crippen molar-refractivity contribution in [2.45, 2.75) is 58.9 Å². The van der Waals surface area contributed by atoms with Crippen molar-refractivity contribution in [3.63, 3.8) is 0 Å². The van der Waals surface area contributed by atoms with E-state index in [0.29, 0.717) is 28.7 Å². The molecule has 29 heavy (non-hydrogen) atoms. The third kappa shape index (κ3) is 4.87. The first-order valence-electron chi connectivity index (χ1n) is 9.33. The van der Waals surface area contributed by atoms with E-state index < -0.39 is 5.54 Å². The predicted molar refractivity (Wildman–Crippen MR) is 110 cm³/mol. The molecule has 2 heterocycles. The van der Waals surface area contributed by atoms with Crippen LogP contribution in [0.3, 0.4) is 0 Å². The third-order valence-corrected chi connectivity index (χ3v) is 5.52. The summed E-state index contributed by atoms with van der Waals surface area (Å²) < 4.78 is 18.4. The van der Waals surface area contributed by atoms with Crippen molar-refractivity contribution < 1.29 is 13.7 Å². The fourth-order valence-electron chi connectivity index (χ4n) is 2.69. The topological polar surface area (TPSA) is 80.9 Å². The second-order valence-electron chi connectivity index (χ2n) is 8.58. The Kier molecular flexibility index (Phi) is 5.58. The van der Waals surface area contributed by atoms with Crippen LogP contribution in [-0.2, 0) is 17.4 Å². The minimum absolute atomic E-state index is 0.238. The summed E-state index contributed by atoms with van der Waals surface area (Å²) in [5.41, 5.74) is 0.518. The third-order valence-electron chi connectivity index (χ3n) is 4.37. The first-order chi connectivity index (χ1) is 13.5. The Morgan fingerprint density at radius 1 is 1.14 bits per heavy atom. The molecule has 8 heteroatoms. The number of nitrogens with zero attached hydrogens (tertiary/aromatic N) is 3. The second-order valence-corrected chi connectivity index (χ2v) is 9.66. The number of carbonyl (C=O) groups is 1. The molecule has 0 atom stereocenters. The molecule has 0 bridgehead atoms. The molecule has 0 spiro atoms. The lowest BCUT2D eigenvalue weighted by atomic mass is 9.97. The molecule has 3 aromatic rings. The van der Waals surface area contributed by atoms with Gasteiger partial charge in [-0.1, -0.05) is 38.1 Å². The van der Waals surface area contributed by atoms with E-state index in [2.05, 4.69) is 20.4 Å². The van der Waals surface area contributed by atoms with Gasteiger partial charge in [0.05, 0.1) is 16.2 Å². The number of benzene rings is 1. The van der Waals surface area contributed by atoms with Crippen molar-refractivity contribution in [1.29, 1.82) is 0 Å². The molecule has 154 valence electrons. The van der Waals surface area contributed by atoms with Gasteiger partial charge in [-0.05, 0) is 38.5 Å². The Labute approximate surface area is 173 Å². The molecule has 0 unspecified atom stereocenters. The van der Waals surface area contributed by atoms with Gasteiger partial charge in [0.25, 0.3) is 5.91 Å². The second kappa shape index (κ2) is 7.67. The first-order valence-corrected chi connectivity index (χ1v) is 10.2. The summed E-state index contributed by atoms with van der Waals surface area (Å²) in [5, 5.41) is 7.82. The summed E-state index contributed by atoms with van der Waals surface area (Å²) in [4.78, 5) is 22.4. The Bertz CT molecular complexity index is 1020. The number of rotatable bonds is 5. The Morgan fingerprint density at radius 2 is 1.79 bits per heavy atom. The number of hydrogen-bond donors (Lipinski definition) is 1. The normalized spacial score (nSPS) is 12.2. The summed E-state index contributed by atoms with van der Waals surface area (Å²) >= 11 is 1.33. The molecule has 0 aliphatic heterocycles. The smallest absolute Gasteiger partial charge is 0.264 e. The highest BCUT2D eigenvalue weighted by Gasteiger charge is 2.32. The zero-order valence-electron chi connectivity index (χ0n) is 17.5. The number of thiazole rings is 1. The molecule has 6 nitrogen and oxygen atoms in total. The van der Waals surface area contributed by atoms with Gasteiger partial charge in [-0.2, -0.15) is 4.98 Å². The average molecular weight is 417 g/mol. The summed E-state index contributed by atoms with van der Waals surface area (Å²) in [5.74, 6) is 0.426. The molecule has 0 fully saturated rings. The van der Waals surface area contributed by atoms with Gasteiger partial charge in [0.15, 0.2) is 5.82 Å². The number of amides is 1. The van der Waals surface area contributed by atoms with E-state index in [0.717, 1.165) is 10.6 Å². The zero-order chi connectivity index (χ0) is 21.4. The van der Waals surface area contributed by atoms with Crippen molar-refractivity contribution in [3.8, 4) is 0 Å². The van der Waals surface area contributed by atoms with Crippen LogP contribution in [-0.4, -0.2) is 21.0 Å². The highest BCUT2D eigenvalue weighted by molar-refractivity contribution is 7.13. The van der Waals surface area contributed by atoms with Crippen LogP contribution in [0.15, 0.2) is 28.8 Å². The number of aryl methyl sites for hydroxylation is 1. The molecule has 3 rings (SSSR count). The molecule has 1 N–H and O–H groups in total. The van der Waals surface area contributed by atoms with E-state index >= 15 is 0 Å². The van der Waals surface area contributed by atoms with Crippen molar-refractivity contribution in [1.82, 2.24) is 20.4 Å². The lowest BCUT2D eigenvalue weighted by Crippen LogP contribution is -2.41. The van der Waals surface area contributed by atoms with Gasteiger partial charge in [-0.3, -0.25) is 4.79 Å². The zero-order valence-corrected chi connectivity index (χ0v) is 18.3. The van der Waals surface area contributed by atoms with Crippen LogP contribution in [0.25, 0.3) is 0 Å². The molecule has 0 aliphatic carbocycles. The van der Waals surface area contributed by atoms with E-state index in [-0.39, 0.29) is 17.1 Å². The number of aromatic nitrogens is 3. The minimum atomic E-state index is -0.808. The van der Waals surface area contributed by atoms with E-state index in [1.807, 2.05) is 34.6 Å². The maximum absolute atomic E-state index is 13.1. The SMILES string of the molecule is Cc1nc(Cc2ccc(F)cc2)sc1C(=O)NC(C)(C)c1noc(C(C)(C)C)n1. The van der Waals surface area contributed by atoms with Crippen molar-refractivity contribution in [3.05, 3.63) is 62.9 Å². The van der Waals surface area contributed by atoms with Crippen LogP contribution in [0.4, 0.5) is 4.39 Å². The molecular weight excluding hydrogens is 391 g/mol. The van der Waals surface area contributed by atoms with Crippen molar-refractivity contribution >= 4 is 17.2 Å². The van der Waals surface area contributed by atoms with Crippen LogP contribution in [0.2, 0.25) is 0 Å². The molecule has 0 aliphatic rings. The van der Waals surface area contributed by atoms with Crippen molar-refractivity contribution in [2.75, 3.05) is 0 Å². The summed E-state index contributed by atoms with van der Waals surface area (Å²) in [7, 11) is 0. The molecule has 2 aromatic heterocycles. The predicted octanol–water partition coefficient (Wildman–Crippen LogP) is 4.53. The Morgan fingerprint density at radius 3 is 2.38 bits per heavy atom.